The zero-order valence-electron chi connectivity index (χ0n) is 13.5. The largest absolute Gasteiger partial charge is 0.368 e. The summed E-state index contributed by atoms with van der Waals surface area (Å²) < 4.78 is 0. The van der Waals surface area contributed by atoms with Gasteiger partial charge in [0.15, 0.2) is 0 Å². The SMILES string of the molecule is Clc1cccc(N2CCN(CC3CC4CNCC4C3)CC2)c1Cl. The maximum atomic E-state index is 6.36. The van der Waals surface area contributed by atoms with Crippen LogP contribution < -0.4 is 10.2 Å². The zero-order valence-corrected chi connectivity index (χ0v) is 15.0. The van der Waals surface area contributed by atoms with Gasteiger partial charge in [-0.1, -0.05) is 29.3 Å². The van der Waals surface area contributed by atoms with E-state index in [0.29, 0.717) is 10.0 Å². The van der Waals surface area contributed by atoms with Gasteiger partial charge in [0.25, 0.3) is 0 Å². The number of benzene rings is 1. The highest BCUT2D eigenvalue weighted by atomic mass is 35.5. The van der Waals surface area contributed by atoms with Crippen LogP contribution in [0.15, 0.2) is 18.2 Å². The number of hydrogen-bond donors (Lipinski definition) is 1. The second-order valence-electron chi connectivity index (χ2n) is 7.38. The Balaban J connectivity index is 1.30. The summed E-state index contributed by atoms with van der Waals surface area (Å²) >= 11 is 12.5. The lowest BCUT2D eigenvalue weighted by Gasteiger charge is -2.37. The van der Waals surface area contributed by atoms with Crippen LogP contribution in [-0.2, 0) is 0 Å². The standard InChI is InChI=1S/C18H25Cl2N3/c19-16-2-1-3-17(18(16)20)23-6-4-22(5-7-23)12-13-8-14-10-21-11-15(14)9-13/h1-3,13-15,21H,4-12H2. The number of anilines is 1. The van der Waals surface area contributed by atoms with Gasteiger partial charge in [0.05, 0.1) is 15.7 Å². The van der Waals surface area contributed by atoms with E-state index >= 15 is 0 Å². The summed E-state index contributed by atoms with van der Waals surface area (Å²) in [5.41, 5.74) is 1.08. The molecule has 126 valence electrons. The first kappa shape index (κ1) is 16.0. The molecule has 1 aromatic carbocycles. The summed E-state index contributed by atoms with van der Waals surface area (Å²) in [6.45, 7) is 8.14. The highest BCUT2D eigenvalue weighted by Gasteiger charge is 2.37. The fraction of sp³-hybridized carbons (Fsp3) is 0.667. The summed E-state index contributed by atoms with van der Waals surface area (Å²) in [5.74, 6) is 2.81. The molecule has 0 spiro atoms. The molecule has 0 amide bonds. The Labute approximate surface area is 148 Å². The molecule has 0 bridgehead atoms. The number of nitrogens with zero attached hydrogens (tertiary/aromatic N) is 2. The highest BCUT2D eigenvalue weighted by Crippen LogP contribution is 2.39. The van der Waals surface area contributed by atoms with Crippen molar-refractivity contribution in [2.24, 2.45) is 17.8 Å². The Hall–Kier alpha value is -0.480. The molecule has 2 atom stereocenters. The van der Waals surface area contributed by atoms with Crippen molar-refractivity contribution in [1.82, 2.24) is 10.2 Å². The van der Waals surface area contributed by atoms with Gasteiger partial charge in [-0.15, -0.1) is 0 Å². The molecule has 1 N–H and O–H groups in total. The average molecular weight is 354 g/mol. The van der Waals surface area contributed by atoms with E-state index in [1.54, 1.807) is 0 Å². The molecule has 3 fully saturated rings. The van der Waals surface area contributed by atoms with Crippen LogP contribution in [0.5, 0.6) is 0 Å². The van der Waals surface area contributed by atoms with Gasteiger partial charge in [-0.05, 0) is 55.8 Å². The van der Waals surface area contributed by atoms with E-state index in [1.807, 2.05) is 12.1 Å². The number of halogens is 2. The van der Waals surface area contributed by atoms with Crippen molar-refractivity contribution in [3.63, 3.8) is 0 Å². The first-order valence-electron chi connectivity index (χ1n) is 8.82. The van der Waals surface area contributed by atoms with Crippen molar-refractivity contribution in [2.75, 3.05) is 50.7 Å². The van der Waals surface area contributed by atoms with E-state index in [-0.39, 0.29) is 0 Å². The van der Waals surface area contributed by atoms with Gasteiger partial charge < -0.3 is 10.2 Å². The number of nitrogens with one attached hydrogen (secondary N) is 1. The van der Waals surface area contributed by atoms with Crippen LogP contribution in [0.4, 0.5) is 5.69 Å². The Morgan fingerprint density at radius 2 is 1.70 bits per heavy atom. The van der Waals surface area contributed by atoms with Gasteiger partial charge in [-0.25, -0.2) is 0 Å². The van der Waals surface area contributed by atoms with Crippen LogP contribution in [0.2, 0.25) is 10.0 Å². The van der Waals surface area contributed by atoms with Crippen LogP contribution in [0.3, 0.4) is 0 Å². The predicted molar refractivity (Wildman–Crippen MR) is 97.7 cm³/mol. The van der Waals surface area contributed by atoms with Crippen LogP contribution >= 0.6 is 23.2 Å². The molecule has 0 radical (unpaired) electrons. The van der Waals surface area contributed by atoms with E-state index in [9.17, 15) is 0 Å². The van der Waals surface area contributed by atoms with Crippen molar-refractivity contribution in [3.05, 3.63) is 28.2 Å². The molecule has 3 aliphatic rings. The minimum absolute atomic E-state index is 0.651. The summed E-state index contributed by atoms with van der Waals surface area (Å²) in [7, 11) is 0. The predicted octanol–water partition coefficient (Wildman–Crippen LogP) is 3.36. The lowest BCUT2D eigenvalue weighted by Crippen LogP contribution is -2.47. The van der Waals surface area contributed by atoms with Crippen LogP contribution in [0, 0.1) is 17.8 Å². The molecule has 5 heteroatoms. The maximum Gasteiger partial charge on any atom is 0.0825 e. The first-order valence-corrected chi connectivity index (χ1v) is 9.58. The smallest absolute Gasteiger partial charge is 0.0825 e. The minimum atomic E-state index is 0.651. The van der Waals surface area contributed by atoms with Crippen LogP contribution in [0.25, 0.3) is 0 Å². The monoisotopic (exact) mass is 353 g/mol. The third-order valence-electron chi connectivity index (χ3n) is 5.91. The lowest BCUT2D eigenvalue weighted by atomic mass is 10.0. The molecular formula is C18H25Cl2N3. The van der Waals surface area contributed by atoms with Crippen molar-refractivity contribution >= 4 is 28.9 Å². The molecule has 1 saturated carbocycles. The van der Waals surface area contributed by atoms with Crippen LogP contribution in [-0.4, -0.2) is 50.7 Å². The zero-order chi connectivity index (χ0) is 15.8. The molecule has 0 aromatic heterocycles. The highest BCUT2D eigenvalue weighted by molar-refractivity contribution is 6.43. The maximum absolute atomic E-state index is 6.36. The van der Waals surface area contributed by atoms with Crippen molar-refractivity contribution < 1.29 is 0 Å². The Morgan fingerprint density at radius 1 is 1.00 bits per heavy atom. The van der Waals surface area contributed by atoms with Crippen molar-refractivity contribution in [2.45, 2.75) is 12.8 Å². The molecule has 2 aliphatic heterocycles. The number of fused-ring (bicyclic) bond motifs is 1. The molecule has 1 aromatic rings. The Bertz CT molecular complexity index is 545. The van der Waals surface area contributed by atoms with E-state index in [0.717, 1.165) is 49.6 Å². The summed E-state index contributed by atoms with van der Waals surface area (Å²) in [6.07, 6.45) is 2.86. The van der Waals surface area contributed by atoms with E-state index in [4.69, 9.17) is 23.2 Å². The topological polar surface area (TPSA) is 18.5 Å². The number of rotatable bonds is 3. The number of hydrogen-bond acceptors (Lipinski definition) is 3. The molecule has 1 aliphatic carbocycles. The minimum Gasteiger partial charge on any atom is -0.368 e. The van der Waals surface area contributed by atoms with E-state index < -0.39 is 0 Å². The molecule has 4 rings (SSSR count). The normalized spacial score (nSPS) is 31.6. The molecular weight excluding hydrogens is 329 g/mol. The van der Waals surface area contributed by atoms with E-state index in [1.165, 1.54) is 32.5 Å². The quantitative estimate of drug-likeness (QED) is 0.898. The molecule has 2 saturated heterocycles. The Kier molecular flexibility index (Phi) is 4.73. The fourth-order valence-corrected chi connectivity index (χ4v) is 5.13. The second-order valence-corrected chi connectivity index (χ2v) is 8.16. The lowest BCUT2D eigenvalue weighted by molar-refractivity contribution is 0.215. The van der Waals surface area contributed by atoms with Gasteiger partial charge in [0, 0.05) is 32.7 Å². The summed E-state index contributed by atoms with van der Waals surface area (Å²) in [4.78, 5) is 5.02. The van der Waals surface area contributed by atoms with Crippen molar-refractivity contribution in [1.29, 1.82) is 0 Å². The summed E-state index contributed by atoms with van der Waals surface area (Å²) in [6, 6.07) is 5.92. The van der Waals surface area contributed by atoms with Gasteiger partial charge in [0.2, 0.25) is 0 Å². The van der Waals surface area contributed by atoms with Gasteiger partial charge in [0.1, 0.15) is 0 Å². The number of piperazine rings is 1. The average Bonchev–Trinajstić information content (AvgIpc) is 3.12. The van der Waals surface area contributed by atoms with E-state index in [2.05, 4.69) is 21.2 Å². The molecule has 2 heterocycles. The third kappa shape index (κ3) is 3.34. The second kappa shape index (κ2) is 6.79. The van der Waals surface area contributed by atoms with Gasteiger partial charge >= 0.3 is 0 Å². The van der Waals surface area contributed by atoms with Crippen LogP contribution in [0.1, 0.15) is 12.8 Å². The van der Waals surface area contributed by atoms with Gasteiger partial charge in [-0.2, -0.15) is 0 Å². The first-order chi connectivity index (χ1) is 11.2. The third-order valence-corrected chi connectivity index (χ3v) is 6.72. The van der Waals surface area contributed by atoms with Crippen molar-refractivity contribution in [3.8, 4) is 0 Å². The fourth-order valence-electron chi connectivity index (χ4n) is 4.71. The Morgan fingerprint density at radius 3 is 2.39 bits per heavy atom. The molecule has 2 unspecified atom stereocenters. The summed E-state index contributed by atoms with van der Waals surface area (Å²) in [5, 5.41) is 4.88. The van der Waals surface area contributed by atoms with Gasteiger partial charge in [-0.3, -0.25) is 4.90 Å². The molecule has 3 nitrogen and oxygen atoms in total. The molecule has 23 heavy (non-hydrogen) atoms.